The zero-order chi connectivity index (χ0) is 21.9. The average Bonchev–Trinajstić information content (AvgIpc) is 3.14. The second-order valence-electron chi connectivity index (χ2n) is 6.85. The van der Waals surface area contributed by atoms with Crippen LogP contribution in [0, 0.1) is 0 Å². The molecule has 0 spiro atoms. The first-order valence-electron chi connectivity index (χ1n) is 9.97. The highest BCUT2D eigenvalue weighted by atomic mass is 79.9. The van der Waals surface area contributed by atoms with Gasteiger partial charge in [0.15, 0.2) is 0 Å². The molecule has 30 heavy (non-hydrogen) atoms. The summed E-state index contributed by atoms with van der Waals surface area (Å²) in [7, 11) is 0. The number of hydrogen-bond donors (Lipinski definition) is 0. The standard InChI is InChI=1S/C25H26N2O.CH3Br/c1-4-6-13-20(5-2)24(21-14-9-7-8-10-15-21)27-18-26-23-16-11-12-19(3)17-22(23)25(27)28;1-2/h4-10,12-14,16-18,24H,2,11,15H2,1,3H3;1H3/b6-4-,20-13+;. The predicted octanol–water partition coefficient (Wildman–Crippen LogP) is 4.84. The van der Waals surface area contributed by atoms with Gasteiger partial charge in [-0.2, -0.15) is 0 Å². The van der Waals surface area contributed by atoms with Gasteiger partial charge in [-0.3, -0.25) is 9.36 Å². The van der Waals surface area contributed by atoms with E-state index in [9.17, 15) is 4.79 Å². The van der Waals surface area contributed by atoms with Gasteiger partial charge >= 0.3 is 0 Å². The molecule has 156 valence electrons. The van der Waals surface area contributed by atoms with Crippen molar-refractivity contribution in [2.24, 2.45) is 0 Å². The molecule has 3 nitrogen and oxygen atoms in total. The van der Waals surface area contributed by atoms with Gasteiger partial charge < -0.3 is 0 Å². The highest BCUT2D eigenvalue weighted by molar-refractivity contribution is 9.08. The Morgan fingerprint density at radius 2 is 2.07 bits per heavy atom. The van der Waals surface area contributed by atoms with E-state index < -0.39 is 0 Å². The lowest BCUT2D eigenvalue weighted by molar-refractivity contribution is 0.608. The Kier molecular flexibility index (Phi) is 9.49. The van der Waals surface area contributed by atoms with Gasteiger partial charge in [0.05, 0.1) is 22.9 Å². The Morgan fingerprint density at radius 3 is 2.80 bits per heavy atom. The maximum absolute atomic E-state index is 13.5. The molecule has 0 aliphatic heterocycles. The van der Waals surface area contributed by atoms with Crippen molar-refractivity contribution in [1.29, 1.82) is 0 Å². The van der Waals surface area contributed by atoms with Crippen LogP contribution in [-0.4, -0.2) is 15.4 Å². The number of fused-ring (bicyclic) bond motifs is 1. The van der Waals surface area contributed by atoms with Crippen molar-refractivity contribution in [2.45, 2.75) is 32.7 Å². The third-order valence-electron chi connectivity index (χ3n) is 4.87. The molecule has 0 N–H and O–H groups in total. The minimum absolute atomic E-state index is 0.0350. The molecule has 1 heterocycles. The van der Waals surface area contributed by atoms with Crippen LogP contribution < -0.4 is 16.1 Å². The maximum atomic E-state index is 13.5. The summed E-state index contributed by atoms with van der Waals surface area (Å²) in [6.07, 6.45) is 27.3. The number of rotatable bonds is 5. The smallest absolute Gasteiger partial charge is 0.262 e. The van der Waals surface area contributed by atoms with Crippen molar-refractivity contribution >= 4 is 28.1 Å². The van der Waals surface area contributed by atoms with E-state index in [0.29, 0.717) is 5.22 Å². The van der Waals surface area contributed by atoms with Crippen molar-refractivity contribution in [2.75, 3.05) is 5.83 Å². The van der Waals surface area contributed by atoms with E-state index in [4.69, 9.17) is 0 Å². The molecule has 1 aromatic heterocycles. The number of allylic oxidation sites excluding steroid dienone is 13. The molecule has 2 aliphatic rings. The number of halogens is 1. The van der Waals surface area contributed by atoms with Gasteiger partial charge in [0.2, 0.25) is 0 Å². The van der Waals surface area contributed by atoms with Crippen LogP contribution in [-0.2, 0) is 0 Å². The summed E-state index contributed by atoms with van der Waals surface area (Å²) >= 11 is 2.94. The summed E-state index contributed by atoms with van der Waals surface area (Å²) in [4.78, 5) is 18.1. The fourth-order valence-corrected chi connectivity index (χ4v) is 3.45. The fraction of sp³-hybridized carbons (Fsp3) is 0.231. The summed E-state index contributed by atoms with van der Waals surface area (Å²) in [5.41, 5.74) is 3.12. The van der Waals surface area contributed by atoms with Gasteiger partial charge in [-0.1, -0.05) is 94.9 Å². The van der Waals surface area contributed by atoms with Crippen molar-refractivity contribution < 1.29 is 0 Å². The van der Waals surface area contributed by atoms with E-state index in [2.05, 4.69) is 45.7 Å². The molecule has 2 aliphatic carbocycles. The van der Waals surface area contributed by atoms with Crippen molar-refractivity contribution in [3.63, 3.8) is 0 Å². The second-order valence-corrected chi connectivity index (χ2v) is 6.85. The number of hydrogen-bond acceptors (Lipinski definition) is 2. The zero-order valence-corrected chi connectivity index (χ0v) is 19.5. The van der Waals surface area contributed by atoms with E-state index in [1.165, 1.54) is 0 Å². The quantitative estimate of drug-likeness (QED) is 0.461. The largest absolute Gasteiger partial charge is 0.287 e. The molecule has 4 heteroatoms. The van der Waals surface area contributed by atoms with E-state index in [1.54, 1.807) is 10.9 Å². The lowest BCUT2D eigenvalue weighted by Crippen LogP contribution is -2.47. The molecule has 0 amide bonds. The molecular weight excluding hydrogens is 436 g/mol. The fourth-order valence-electron chi connectivity index (χ4n) is 3.45. The number of aromatic nitrogens is 2. The monoisotopic (exact) mass is 464 g/mol. The topological polar surface area (TPSA) is 34.9 Å². The Hall–Kier alpha value is -2.72. The normalized spacial score (nSPS) is 16.6. The molecule has 1 atom stereocenters. The van der Waals surface area contributed by atoms with Crippen LogP contribution in [0.25, 0.3) is 12.2 Å². The predicted molar refractivity (Wildman–Crippen MR) is 133 cm³/mol. The van der Waals surface area contributed by atoms with Gasteiger partial charge in [0.1, 0.15) is 0 Å². The molecule has 0 saturated heterocycles. The number of nitrogens with zero attached hydrogens (tertiary/aromatic N) is 2. The zero-order valence-electron chi connectivity index (χ0n) is 17.9. The van der Waals surface area contributed by atoms with Gasteiger partial charge in [-0.15, -0.1) is 0 Å². The van der Waals surface area contributed by atoms with Gasteiger partial charge in [-0.25, -0.2) is 4.98 Å². The van der Waals surface area contributed by atoms with Crippen molar-refractivity contribution in [3.8, 4) is 0 Å². The van der Waals surface area contributed by atoms with Crippen LogP contribution in [0.1, 0.15) is 32.7 Å². The summed E-state index contributed by atoms with van der Waals surface area (Å²) in [6.45, 7) is 7.98. The molecule has 0 radical (unpaired) electrons. The van der Waals surface area contributed by atoms with Crippen LogP contribution in [0.15, 0.2) is 95.2 Å². The van der Waals surface area contributed by atoms with E-state index in [0.717, 1.165) is 34.9 Å². The Labute approximate surface area is 187 Å². The lowest BCUT2D eigenvalue weighted by atomic mass is 9.94. The Balaban J connectivity index is 0.00000155. The molecule has 0 bridgehead atoms. The van der Waals surface area contributed by atoms with Crippen LogP contribution in [0.4, 0.5) is 0 Å². The maximum Gasteiger partial charge on any atom is 0.262 e. The molecule has 0 saturated carbocycles. The molecule has 0 aromatic carbocycles. The van der Waals surface area contributed by atoms with Crippen LogP contribution in [0.3, 0.4) is 0 Å². The molecule has 0 fully saturated rings. The molecular formula is C26H29BrN2O. The van der Waals surface area contributed by atoms with Crippen molar-refractivity contribution in [3.05, 3.63) is 111 Å². The van der Waals surface area contributed by atoms with E-state index in [-0.39, 0.29) is 11.6 Å². The SMILES string of the molecule is C=C/C(=C\C=C/C)C(C1=CC=CC=CC1)n1cnc2c(c1=O)=CC(C)=CCC=2.CBr. The molecule has 1 unspecified atom stereocenters. The summed E-state index contributed by atoms with van der Waals surface area (Å²) in [6, 6.07) is -0.257. The second kappa shape index (κ2) is 12.1. The first-order chi connectivity index (χ1) is 14.7. The van der Waals surface area contributed by atoms with Gasteiger partial charge in [0.25, 0.3) is 5.56 Å². The number of alkyl halides is 1. The minimum atomic E-state index is -0.257. The molecule has 3 rings (SSSR count). The summed E-state index contributed by atoms with van der Waals surface area (Å²) < 4.78 is 1.73. The van der Waals surface area contributed by atoms with Gasteiger partial charge in [-0.05, 0) is 49.7 Å². The third kappa shape index (κ3) is 5.67. The highest BCUT2D eigenvalue weighted by Gasteiger charge is 2.21. The third-order valence-corrected chi connectivity index (χ3v) is 4.87. The van der Waals surface area contributed by atoms with Crippen LogP contribution in [0.2, 0.25) is 0 Å². The average molecular weight is 465 g/mol. The first-order valence-corrected chi connectivity index (χ1v) is 11.6. The highest BCUT2D eigenvalue weighted by Crippen LogP contribution is 2.29. The first kappa shape index (κ1) is 23.6. The van der Waals surface area contributed by atoms with Crippen LogP contribution >= 0.6 is 15.9 Å². The lowest BCUT2D eigenvalue weighted by Gasteiger charge is -2.23. The Bertz CT molecular complexity index is 1120. The minimum Gasteiger partial charge on any atom is -0.287 e. The van der Waals surface area contributed by atoms with E-state index >= 15 is 0 Å². The summed E-state index contributed by atoms with van der Waals surface area (Å²) in [5, 5.41) is 1.40. The summed E-state index contributed by atoms with van der Waals surface area (Å²) in [5.74, 6) is 1.81. The van der Waals surface area contributed by atoms with Crippen molar-refractivity contribution in [1.82, 2.24) is 9.55 Å². The van der Waals surface area contributed by atoms with Gasteiger partial charge in [0, 0.05) is 0 Å². The Morgan fingerprint density at radius 1 is 1.27 bits per heavy atom. The van der Waals surface area contributed by atoms with E-state index in [1.807, 2.05) is 74.4 Å². The molecule has 1 aromatic rings. The van der Waals surface area contributed by atoms with Crippen LogP contribution in [0.5, 0.6) is 0 Å².